The number of aryl methyl sites for hydroxylation is 1. The minimum absolute atomic E-state index is 0.212. The molecule has 3 rings (SSSR count). The molecule has 0 atom stereocenters. The van der Waals surface area contributed by atoms with Gasteiger partial charge in [0, 0.05) is 23.7 Å². The van der Waals surface area contributed by atoms with Crippen molar-refractivity contribution in [1.29, 1.82) is 0 Å². The molecule has 0 saturated carbocycles. The Morgan fingerprint density at radius 3 is 2.94 bits per heavy atom. The van der Waals surface area contributed by atoms with E-state index in [1.165, 1.54) is 6.07 Å². The highest BCUT2D eigenvalue weighted by Gasteiger charge is 2.14. The molecule has 0 aliphatic carbocycles. The minimum Gasteiger partial charge on any atom is -0.461 e. The summed E-state index contributed by atoms with van der Waals surface area (Å²) in [6.45, 7) is 2.79. The van der Waals surface area contributed by atoms with Gasteiger partial charge in [-0.15, -0.1) is 0 Å². The number of fused-ring (bicyclic) bond motifs is 1. The number of hydrogen-bond acceptors (Lipinski definition) is 2. The summed E-state index contributed by atoms with van der Waals surface area (Å²) in [6, 6.07) is 4.92. The van der Waals surface area contributed by atoms with Crippen LogP contribution in [0.3, 0.4) is 0 Å². The average molecular weight is 217 g/mol. The van der Waals surface area contributed by atoms with Gasteiger partial charge in [0.25, 0.3) is 0 Å². The lowest BCUT2D eigenvalue weighted by Gasteiger charge is -2.02. The quantitative estimate of drug-likeness (QED) is 0.793. The van der Waals surface area contributed by atoms with Crippen LogP contribution in [0.5, 0.6) is 0 Å². The molecular weight excluding hydrogens is 205 g/mol. The highest BCUT2D eigenvalue weighted by atomic mass is 19.1. The molecule has 0 amide bonds. The first-order valence-electron chi connectivity index (χ1n) is 5.36. The largest absolute Gasteiger partial charge is 0.461 e. The molecule has 0 unspecified atom stereocenters. The number of furan rings is 1. The first-order valence-corrected chi connectivity index (χ1v) is 5.36. The van der Waals surface area contributed by atoms with E-state index in [-0.39, 0.29) is 5.82 Å². The Kier molecular flexibility index (Phi) is 1.99. The van der Waals surface area contributed by atoms with Gasteiger partial charge in [0.15, 0.2) is 0 Å². The van der Waals surface area contributed by atoms with Gasteiger partial charge >= 0.3 is 0 Å². The van der Waals surface area contributed by atoms with Gasteiger partial charge in [-0.25, -0.2) is 4.39 Å². The summed E-state index contributed by atoms with van der Waals surface area (Å²) in [5, 5.41) is 3.97. The molecule has 2 aromatic rings. The smallest absolute Gasteiger partial charge is 0.142 e. The number of hydrogen-bond donors (Lipinski definition) is 1. The van der Waals surface area contributed by atoms with Crippen LogP contribution < -0.4 is 5.32 Å². The number of halogens is 1. The van der Waals surface area contributed by atoms with E-state index in [9.17, 15) is 4.39 Å². The Bertz CT molecular complexity index is 583. The van der Waals surface area contributed by atoms with Crippen molar-refractivity contribution < 1.29 is 8.81 Å². The average Bonchev–Trinajstić information content (AvgIpc) is 2.83. The maximum absolute atomic E-state index is 13.5. The molecule has 1 N–H and O–H groups in total. The summed E-state index contributed by atoms with van der Waals surface area (Å²) in [6.07, 6.45) is 2.85. The SMILES string of the molecule is Cc1cc2cc(F)cc(C3=CNCC3)c2o1. The van der Waals surface area contributed by atoms with E-state index in [4.69, 9.17) is 4.42 Å². The van der Waals surface area contributed by atoms with E-state index in [0.717, 1.165) is 40.8 Å². The van der Waals surface area contributed by atoms with E-state index in [1.54, 1.807) is 6.07 Å². The van der Waals surface area contributed by atoms with Gasteiger partial charge in [0.1, 0.15) is 17.2 Å². The lowest BCUT2D eigenvalue weighted by atomic mass is 10.0. The second-order valence-electron chi connectivity index (χ2n) is 4.10. The van der Waals surface area contributed by atoms with Crippen molar-refractivity contribution in [2.75, 3.05) is 6.54 Å². The zero-order valence-corrected chi connectivity index (χ0v) is 9.01. The molecule has 82 valence electrons. The Hall–Kier alpha value is -1.77. The Labute approximate surface area is 92.8 Å². The van der Waals surface area contributed by atoms with Gasteiger partial charge in [0.05, 0.1) is 0 Å². The molecule has 0 bridgehead atoms. The van der Waals surface area contributed by atoms with Gasteiger partial charge in [-0.2, -0.15) is 0 Å². The second-order valence-corrected chi connectivity index (χ2v) is 4.10. The standard InChI is InChI=1S/C13H12FNO/c1-8-4-10-5-11(14)6-12(13(10)16-8)9-2-3-15-7-9/h4-7,15H,2-3H2,1H3. The molecule has 0 spiro atoms. The topological polar surface area (TPSA) is 25.2 Å². The molecule has 1 aliphatic heterocycles. The zero-order chi connectivity index (χ0) is 11.1. The summed E-state index contributed by atoms with van der Waals surface area (Å²) >= 11 is 0. The molecule has 1 aliphatic rings. The molecule has 3 heteroatoms. The van der Waals surface area contributed by atoms with Crippen molar-refractivity contribution in [3.63, 3.8) is 0 Å². The third kappa shape index (κ3) is 1.40. The lowest BCUT2D eigenvalue weighted by molar-refractivity contribution is 0.575. The van der Waals surface area contributed by atoms with Gasteiger partial charge in [-0.3, -0.25) is 0 Å². The van der Waals surface area contributed by atoms with E-state index in [0.29, 0.717) is 0 Å². The first-order chi connectivity index (χ1) is 7.74. The molecule has 0 radical (unpaired) electrons. The third-order valence-electron chi connectivity index (χ3n) is 2.87. The van der Waals surface area contributed by atoms with Gasteiger partial charge in [0.2, 0.25) is 0 Å². The highest BCUT2D eigenvalue weighted by molar-refractivity contribution is 5.90. The van der Waals surface area contributed by atoms with Crippen molar-refractivity contribution in [1.82, 2.24) is 5.32 Å². The van der Waals surface area contributed by atoms with Crippen molar-refractivity contribution in [3.05, 3.63) is 41.5 Å². The Morgan fingerprint density at radius 2 is 2.19 bits per heavy atom. The highest BCUT2D eigenvalue weighted by Crippen LogP contribution is 2.31. The summed E-state index contributed by atoms with van der Waals surface area (Å²) in [5.41, 5.74) is 2.76. The second kappa shape index (κ2) is 3.37. The normalized spacial score (nSPS) is 15.2. The van der Waals surface area contributed by atoms with Crippen molar-refractivity contribution in [3.8, 4) is 0 Å². The van der Waals surface area contributed by atoms with E-state index in [1.807, 2.05) is 19.2 Å². The maximum atomic E-state index is 13.5. The zero-order valence-electron chi connectivity index (χ0n) is 9.01. The summed E-state index contributed by atoms with van der Waals surface area (Å²) in [7, 11) is 0. The van der Waals surface area contributed by atoms with Crippen LogP contribution in [0.2, 0.25) is 0 Å². The van der Waals surface area contributed by atoms with E-state index >= 15 is 0 Å². The summed E-state index contributed by atoms with van der Waals surface area (Å²) in [5.74, 6) is 0.601. The predicted octanol–water partition coefficient (Wildman–Crippen LogP) is 3.21. The first kappa shape index (κ1) is 9.46. The van der Waals surface area contributed by atoms with Gasteiger partial charge < -0.3 is 9.73 Å². The van der Waals surface area contributed by atoms with Crippen LogP contribution in [0.15, 0.2) is 28.8 Å². The predicted molar refractivity (Wildman–Crippen MR) is 61.5 cm³/mol. The number of benzene rings is 1. The van der Waals surface area contributed by atoms with Crippen LogP contribution in [-0.2, 0) is 0 Å². The fraction of sp³-hybridized carbons (Fsp3) is 0.231. The van der Waals surface area contributed by atoms with Crippen LogP contribution in [0.25, 0.3) is 16.5 Å². The molecule has 0 saturated heterocycles. The van der Waals surface area contributed by atoms with Gasteiger partial charge in [-0.05, 0) is 37.1 Å². The Morgan fingerprint density at radius 1 is 1.31 bits per heavy atom. The third-order valence-corrected chi connectivity index (χ3v) is 2.87. The van der Waals surface area contributed by atoms with Gasteiger partial charge in [-0.1, -0.05) is 0 Å². The summed E-state index contributed by atoms with van der Waals surface area (Å²) in [4.78, 5) is 0. The van der Waals surface area contributed by atoms with Crippen LogP contribution in [0.1, 0.15) is 17.7 Å². The van der Waals surface area contributed by atoms with Crippen molar-refractivity contribution in [2.24, 2.45) is 0 Å². The lowest BCUT2D eigenvalue weighted by Crippen LogP contribution is -1.96. The fourth-order valence-corrected chi connectivity index (χ4v) is 2.17. The van der Waals surface area contributed by atoms with Crippen LogP contribution in [-0.4, -0.2) is 6.54 Å². The molecule has 2 nitrogen and oxygen atoms in total. The Balaban J connectivity index is 2.28. The van der Waals surface area contributed by atoms with Crippen molar-refractivity contribution >= 4 is 16.5 Å². The van der Waals surface area contributed by atoms with E-state index in [2.05, 4.69) is 5.32 Å². The fourth-order valence-electron chi connectivity index (χ4n) is 2.17. The number of rotatable bonds is 1. The molecule has 1 aromatic carbocycles. The number of nitrogens with one attached hydrogen (secondary N) is 1. The molecular formula is C13H12FNO. The minimum atomic E-state index is -0.212. The molecule has 1 aromatic heterocycles. The van der Waals surface area contributed by atoms with Crippen LogP contribution >= 0.6 is 0 Å². The molecule has 0 fully saturated rings. The van der Waals surface area contributed by atoms with Crippen molar-refractivity contribution in [2.45, 2.75) is 13.3 Å². The van der Waals surface area contributed by atoms with Crippen LogP contribution in [0, 0.1) is 12.7 Å². The molecule has 16 heavy (non-hydrogen) atoms. The molecule has 2 heterocycles. The maximum Gasteiger partial charge on any atom is 0.142 e. The summed E-state index contributed by atoms with van der Waals surface area (Å²) < 4.78 is 19.1. The van der Waals surface area contributed by atoms with Crippen LogP contribution in [0.4, 0.5) is 4.39 Å². The van der Waals surface area contributed by atoms with E-state index < -0.39 is 0 Å². The monoisotopic (exact) mass is 217 g/mol.